The lowest BCUT2D eigenvalue weighted by Gasteiger charge is -2.13. The van der Waals surface area contributed by atoms with E-state index in [1.807, 2.05) is 25.1 Å². The molecule has 0 spiro atoms. The van der Waals surface area contributed by atoms with Crippen molar-refractivity contribution in [2.75, 3.05) is 29.0 Å². The molecule has 0 radical (unpaired) electrons. The van der Waals surface area contributed by atoms with E-state index in [1.54, 1.807) is 30.5 Å². The Morgan fingerprint density at radius 1 is 1.03 bits per heavy atom. The fourth-order valence-corrected chi connectivity index (χ4v) is 4.00. The Bertz CT molecular complexity index is 1410. The van der Waals surface area contributed by atoms with Gasteiger partial charge in [-0.3, -0.25) is 9.29 Å². The molecule has 2 heterocycles. The number of oxazole rings is 1. The third kappa shape index (κ3) is 4.21. The molecule has 0 atom stereocenters. The summed E-state index contributed by atoms with van der Waals surface area (Å²) in [5.41, 5.74) is 2.73. The van der Waals surface area contributed by atoms with Gasteiger partial charge in [-0.15, -0.1) is 5.10 Å². The molecule has 0 fully saturated rings. The van der Waals surface area contributed by atoms with Crippen molar-refractivity contribution in [3.05, 3.63) is 65.3 Å². The van der Waals surface area contributed by atoms with Crippen LogP contribution in [0.15, 0.2) is 68.8 Å². The molecule has 160 valence electrons. The lowest BCUT2D eigenvalue weighted by molar-refractivity contribution is 0.528. The molecule has 0 amide bonds. The Balaban J connectivity index is 1.52. The van der Waals surface area contributed by atoms with E-state index in [4.69, 9.17) is 4.42 Å². The summed E-state index contributed by atoms with van der Waals surface area (Å²) in [4.78, 5) is 13.6. The Labute approximate surface area is 178 Å². The van der Waals surface area contributed by atoms with Crippen LogP contribution in [0.1, 0.15) is 0 Å². The molecular formula is C20H20N6O4S. The van der Waals surface area contributed by atoms with Gasteiger partial charge in [-0.05, 0) is 42.5 Å². The largest absolute Gasteiger partial charge is 0.419 e. The van der Waals surface area contributed by atoms with Crippen molar-refractivity contribution in [2.24, 2.45) is 7.05 Å². The second-order valence-electron chi connectivity index (χ2n) is 7.06. The molecule has 0 bridgehead atoms. The summed E-state index contributed by atoms with van der Waals surface area (Å²) in [6.07, 6.45) is 1.65. The zero-order valence-electron chi connectivity index (χ0n) is 17.0. The smallest absolute Gasteiger partial charge is 0.408 e. The summed E-state index contributed by atoms with van der Waals surface area (Å²) < 4.78 is 34.4. The molecule has 2 N–H and O–H groups in total. The highest BCUT2D eigenvalue weighted by molar-refractivity contribution is 7.92. The lowest BCUT2D eigenvalue weighted by atomic mass is 10.3. The van der Waals surface area contributed by atoms with Gasteiger partial charge in [0.1, 0.15) is 0 Å². The number of fused-ring (bicyclic) bond motifs is 1. The highest BCUT2D eigenvalue weighted by atomic mass is 32.2. The molecule has 31 heavy (non-hydrogen) atoms. The van der Waals surface area contributed by atoms with Crippen LogP contribution in [0.3, 0.4) is 0 Å². The lowest BCUT2D eigenvalue weighted by Crippen LogP contribution is -2.13. The molecule has 11 heteroatoms. The molecule has 0 aliphatic rings. The molecule has 2 aromatic carbocycles. The van der Waals surface area contributed by atoms with Crippen molar-refractivity contribution < 1.29 is 12.8 Å². The van der Waals surface area contributed by atoms with Crippen molar-refractivity contribution in [3.8, 4) is 0 Å². The first-order valence-corrected chi connectivity index (χ1v) is 10.7. The number of benzene rings is 2. The van der Waals surface area contributed by atoms with Crippen molar-refractivity contribution in [1.29, 1.82) is 0 Å². The minimum Gasteiger partial charge on any atom is -0.408 e. The molecule has 0 saturated heterocycles. The highest BCUT2D eigenvalue weighted by Gasteiger charge is 2.17. The second kappa shape index (κ2) is 7.76. The fraction of sp³-hybridized carbons (Fsp3) is 0.150. The summed E-state index contributed by atoms with van der Waals surface area (Å²) in [5.74, 6) is 0.0139. The number of aromatic nitrogens is 3. The summed E-state index contributed by atoms with van der Waals surface area (Å²) in [6, 6.07) is 12.8. The van der Waals surface area contributed by atoms with E-state index in [0.717, 1.165) is 11.4 Å². The molecule has 0 unspecified atom stereocenters. The van der Waals surface area contributed by atoms with Crippen LogP contribution in [0.4, 0.5) is 22.9 Å². The van der Waals surface area contributed by atoms with Gasteiger partial charge in [0.05, 0.1) is 22.3 Å². The van der Waals surface area contributed by atoms with E-state index < -0.39 is 15.8 Å². The van der Waals surface area contributed by atoms with Crippen molar-refractivity contribution in [3.63, 3.8) is 0 Å². The van der Waals surface area contributed by atoms with Crippen LogP contribution < -0.4 is 20.7 Å². The summed E-state index contributed by atoms with van der Waals surface area (Å²) >= 11 is 0. The number of aryl methyl sites for hydroxylation is 1. The van der Waals surface area contributed by atoms with E-state index in [9.17, 15) is 13.2 Å². The Morgan fingerprint density at radius 2 is 1.74 bits per heavy atom. The Kier molecular flexibility index (Phi) is 5.11. The first-order chi connectivity index (χ1) is 14.7. The second-order valence-corrected chi connectivity index (χ2v) is 8.74. The first-order valence-electron chi connectivity index (χ1n) is 9.22. The number of hydrogen-bond acceptors (Lipinski definition) is 8. The molecule has 0 aliphatic heterocycles. The molecular weight excluding hydrogens is 420 g/mol. The van der Waals surface area contributed by atoms with Gasteiger partial charge < -0.3 is 14.6 Å². The van der Waals surface area contributed by atoms with E-state index in [2.05, 4.69) is 20.2 Å². The predicted molar refractivity (Wildman–Crippen MR) is 118 cm³/mol. The van der Waals surface area contributed by atoms with Crippen LogP contribution in [0.5, 0.6) is 0 Å². The van der Waals surface area contributed by atoms with Crippen LogP contribution in [0.2, 0.25) is 0 Å². The standard InChI is InChI=1S/C20H20N6O4S/c1-25(2)15-10-19(23-21-12-15)22-13-4-6-14(7-5-13)24-31(28,29)16-8-9-18-17(11-16)26(3)20(27)30-18/h4-12,24H,1-3H3,(H,22,23). The molecule has 0 saturated carbocycles. The number of sulfonamides is 1. The maximum absolute atomic E-state index is 12.8. The topological polar surface area (TPSA) is 122 Å². The SMILES string of the molecule is CN(C)c1cnnc(Nc2ccc(NS(=O)(=O)c3ccc4oc(=O)n(C)c4c3)cc2)c1. The highest BCUT2D eigenvalue weighted by Crippen LogP contribution is 2.23. The van der Waals surface area contributed by atoms with Crippen LogP contribution in [-0.4, -0.2) is 37.3 Å². The Hall–Kier alpha value is -3.86. The zero-order valence-corrected chi connectivity index (χ0v) is 17.8. The molecule has 4 aromatic rings. The van der Waals surface area contributed by atoms with Crippen molar-refractivity contribution >= 4 is 44.0 Å². The fourth-order valence-electron chi connectivity index (χ4n) is 2.92. The van der Waals surface area contributed by atoms with Crippen molar-refractivity contribution in [1.82, 2.24) is 14.8 Å². The van der Waals surface area contributed by atoms with Crippen molar-refractivity contribution in [2.45, 2.75) is 4.90 Å². The van der Waals surface area contributed by atoms with Crippen LogP contribution in [-0.2, 0) is 17.1 Å². The third-order valence-electron chi connectivity index (χ3n) is 4.64. The average molecular weight is 440 g/mol. The van der Waals surface area contributed by atoms with E-state index in [0.29, 0.717) is 22.6 Å². The van der Waals surface area contributed by atoms with E-state index in [1.165, 1.54) is 29.8 Å². The predicted octanol–water partition coefficient (Wildman–Crippen LogP) is 2.53. The number of rotatable bonds is 6. The van der Waals surface area contributed by atoms with Gasteiger partial charge in [-0.25, -0.2) is 13.2 Å². The molecule has 2 aromatic heterocycles. The minimum atomic E-state index is -3.85. The number of anilines is 4. The number of hydrogen-bond donors (Lipinski definition) is 2. The number of nitrogens with one attached hydrogen (secondary N) is 2. The summed E-state index contributed by atoms with van der Waals surface area (Å²) in [7, 11) is 1.48. The zero-order chi connectivity index (χ0) is 22.2. The van der Waals surface area contributed by atoms with Crippen LogP contribution >= 0.6 is 0 Å². The van der Waals surface area contributed by atoms with Crippen LogP contribution in [0, 0.1) is 0 Å². The molecule has 10 nitrogen and oxygen atoms in total. The van der Waals surface area contributed by atoms with E-state index in [-0.39, 0.29) is 4.90 Å². The number of nitrogens with zero attached hydrogens (tertiary/aromatic N) is 4. The van der Waals surface area contributed by atoms with Gasteiger partial charge in [-0.1, -0.05) is 0 Å². The van der Waals surface area contributed by atoms with Gasteiger partial charge in [-0.2, -0.15) is 5.10 Å². The van der Waals surface area contributed by atoms with Gasteiger partial charge >= 0.3 is 5.76 Å². The summed E-state index contributed by atoms with van der Waals surface area (Å²) in [6.45, 7) is 0. The maximum Gasteiger partial charge on any atom is 0.419 e. The summed E-state index contributed by atoms with van der Waals surface area (Å²) in [5, 5.41) is 11.1. The molecule has 4 rings (SSSR count). The third-order valence-corrected chi connectivity index (χ3v) is 6.02. The molecule has 0 aliphatic carbocycles. The first kappa shape index (κ1) is 20.4. The van der Waals surface area contributed by atoms with Gasteiger partial charge in [0.15, 0.2) is 11.4 Å². The maximum atomic E-state index is 12.8. The quantitative estimate of drug-likeness (QED) is 0.469. The van der Waals surface area contributed by atoms with Gasteiger partial charge in [0, 0.05) is 38.6 Å². The average Bonchev–Trinajstić information content (AvgIpc) is 3.03. The van der Waals surface area contributed by atoms with E-state index >= 15 is 0 Å². The van der Waals surface area contributed by atoms with Crippen LogP contribution in [0.25, 0.3) is 11.1 Å². The van der Waals surface area contributed by atoms with Gasteiger partial charge in [0.2, 0.25) is 0 Å². The Morgan fingerprint density at radius 3 is 2.45 bits per heavy atom. The van der Waals surface area contributed by atoms with Gasteiger partial charge in [0.25, 0.3) is 10.0 Å². The monoisotopic (exact) mass is 440 g/mol. The normalized spacial score (nSPS) is 11.5. The minimum absolute atomic E-state index is 0.0226.